The Hall–Kier alpha value is -1.49. The molecule has 0 saturated carbocycles. The fourth-order valence-electron chi connectivity index (χ4n) is 1.58. The number of rotatable bonds is 6. The molecule has 0 unspecified atom stereocenters. The van der Waals surface area contributed by atoms with Crippen molar-refractivity contribution >= 4 is 29.0 Å². The van der Waals surface area contributed by atoms with Gasteiger partial charge in [-0.15, -0.1) is 0 Å². The minimum absolute atomic E-state index is 0.0605. The summed E-state index contributed by atoms with van der Waals surface area (Å²) in [6.07, 6.45) is 1.60. The second-order valence-corrected chi connectivity index (χ2v) is 4.83. The van der Waals surface area contributed by atoms with Gasteiger partial charge in [0, 0.05) is 22.2 Å². The summed E-state index contributed by atoms with van der Waals surface area (Å²) in [4.78, 5) is 4.16. The lowest BCUT2D eigenvalue weighted by Crippen LogP contribution is -2.06. The molecule has 2 N–H and O–H groups in total. The molecule has 20 heavy (non-hydrogen) atoms. The van der Waals surface area contributed by atoms with Gasteiger partial charge in [0.25, 0.3) is 0 Å². The molecule has 0 aliphatic heterocycles. The number of ether oxygens (including phenoxy) is 1. The molecule has 2 rings (SSSR count). The van der Waals surface area contributed by atoms with Crippen LogP contribution in [0.4, 0.5) is 5.82 Å². The summed E-state index contributed by atoms with van der Waals surface area (Å²) in [5.41, 5.74) is 0.748. The molecule has 0 radical (unpaired) electrons. The van der Waals surface area contributed by atoms with Crippen molar-refractivity contribution in [2.24, 2.45) is 0 Å². The van der Waals surface area contributed by atoms with Gasteiger partial charge in [0.1, 0.15) is 18.2 Å². The first-order valence-electron chi connectivity index (χ1n) is 6.07. The smallest absolute Gasteiger partial charge is 0.138 e. The van der Waals surface area contributed by atoms with Crippen molar-refractivity contribution in [2.45, 2.75) is 6.61 Å². The molecule has 1 heterocycles. The van der Waals surface area contributed by atoms with Crippen LogP contribution in [0.15, 0.2) is 36.5 Å². The number of aliphatic hydroxyl groups is 1. The standard InChI is InChI=1S/C14H14Cl2N2O2/c15-12-2-1-3-13(16)11(12)9-20-10-4-5-14(18-8-10)17-6-7-19/h1-5,8,19H,6-7,9H2,(H,17,18). The van der Waals surface area contributed by atoms with Crippen molar-refractivity contribution in [1.29, 1.82) is 0 Å². The number of hydrogen-bond acceptors (Lipinski definition) is 4. The third kappa shape index (κ3) is 4.00. The van der Waals surface area contributed by atoms with E-state index in [9.17, 15) is 0 Å². The fraction of sp³-hybridized carbons (Fsp3) is 0.214. The monoisotopic (exact) mass is 312 g/mol. The summed E-state index contributed by atoms with van der Waals surface area (Å²) in [7, 11) is 0. The summed E-state index contributed by atoms with van der Waals surface area (Å²) in [5, 5.41) is 12.8. The Balaban J connectivity index is 1.97. The predicted molar refractivity (Wildman–Crippen MR) is 80.6 cm³/mol. The Morgan fingerprint density at radius 1 is 1.15 bits per heavy atom. The van der Waals surface area contributed by atoms with E-state index >= 15 is 0 Å². The molecule has 106 valence electrons. The van der Waals surface area contributed by atoms with Gasteiger partial charge in [-0.25, -0.2) is 4.98 Å². The van der Waals surface area contributed by atoms with Crippen molar-refractivity contribution in [1.82, 2.24) is 4.98 Å². The molecule has 0 fully saturated rings. The number of halogens is 2. The highest BCUT2D eigenvalue weighted by molar-refractivity contribution is 6.35. The quantitative estimate of drug-likeness (QED) is 0.858. The number of aromatic nitrogens is 1. The van der Waals surface area contributed by atoms with Crippen LogP contribution < -0.4 is 10.1 Å². The first-order chi connectivity index (χ1) is 9.70. The number of nitrogens with zero attached hydrogens (tertiary/aromatic N) is 1. The molecule has 0 bridgehead atoms. The lowest BCUT2D eigenvalue weighted by Gasteiger charge is -2.10. The van der Waals surface area contributed by atoms with Gasteiger partial charge in [-0.05, 0) is 24.3 Å². The zero-order valence-corrected chi connectivity index (χ0v) is 12.2. The van der Waals surface area contributed by atoms with E-state index in [0.717, 1.165) is 5.56 Å². The average Bonchev–Trinajstić information content (AvgIpc) is 2.46. The maximum Gasteiger partial charge on any atom is 0.138 e. The van der Waals surface area contributed by atoms with Crippen LogP contribution in [-0.2, 0) is 6.61 Å². The molecule has 0 spiro atoms. The van der Waals surface area contributed by atoms with E-state index in [1.54, 1.807) is 36.5 Å². The second-order valence-electron chi connectivity index (χ2n) is 4.02. The first-order valence-corrected chi connectivity index (χ1v) is 6.83. The van der Waals surface area contributed by atoms with Crippen LogP contribution in [0.3, 0.4) is 0 Å². The average molecular weight is 313 g/mol. The van der Waals surface area contributed by atoms with Gasteiger partial charge in [-0.2, -0.15) is 0 Å². The molecule has 1 aromatic carbocycles. The number of nitrogens with one attached hydrogen (secondary N) is 1. The van der Waals surface area contributed by atoms with Crippen molar-refractivity contribution in [3.05, 3.63) is 52.1 Å². The highest BCUT2D eigenvalue weighted by atomic mass is 35.5. The van der Waals surface area contributed by atoms with Gasteiger partial charge < -0.3 is 15.2 Å². The van der Waals surface area contributed by atoms with E-state index in [4.69, 9.17) is 33.0 Å². The molecular formula is C14H14Cl2N2O2. The second kappa shape index (κ2) is 7.33. The van der Waals surface area contributed by atoms with Gasteiger partial charge in [0.15, 0.2) is 0 Å². The van der Waals surface area contributed by atoms with Crippen LogP contribution in [0.25, 0.3) is 0 Å². The Morgan fingerprint density at radius 2 is 1.90 bits per heavy atom. The van der Waals surface area contributed by atoms with Crippen LogP contribution >= 0.6 is 23.2 Å². The maximum atomic E-state index is 8.70. The molecule has 0 aliphatic carbocycles. The molecule has 4 nitrogen and oxygen atoms in total. The Labute approximate surface area is 127 Å². The van der Waals surface area contributed by atoms with Crippen LogP contribution in [0.5, 0.6) is 5.75 Å². The molecule has 0 atom stereocenters. The Kier molecular flexibility index (Phi) is 5.47. The van der Waals surface area contributed by atoms with Crippen LogP contribution in [0.2, 0.25) is 10.0 Å². The van der Waals surface area contributed by atoms with Gasteiger partial charge in [0.05, 0.1) is 12.8 Å². The summed E-state index contributed by atoms with van der Waals surface area (Å²) >= 11 is 12.1. The zero-order chi connectivity index (χ0) is 14.4. The summed E-state index contributed by atoms with van der Waals surface area (Å²) in [6.45, 7) is 0.803. The van der Waals surface area contributed by atoms with Crippen molar-refractivity contribution in [2.75, 3.05) is 18.5 Å². The van der Waals surface area contributed by atoms with Gasteiger partial charge in [-0.1, -0.05) is 29.3 Å². The first kappa shape index (κ1) is 14.9. The zero-order valence-electron chi connectivity index (χ0n) is 10.6. The minimum atomic E-state index is 0.0605. The lowest BCUT2D eigenvalue weighted by molar-refractivity contribution is 0.305. The highest BCUT2D eigenvalue weighted by Crippen LogP contribution is 2.25. The number of benzene rings is 1. The van der Waals surface area contributed by atoms with E-state index < -0.39 is 0 Å². The van der Waals surface area contributed by atoms with E-state index in [-0.39, 0.29) is 13.2 Å². The molecule has 0 saturated heterocycles. The van der Waals surface area contributed by atoms with Gasteiger partial charge in [0.2, 0.25) is 0 Å². The van der Waals surface area contributed by atoms with E-state index in [0.29, 0.717) is 28.2 Å². The molecular weight excluding hydrogens is 299 g/mol. The van der Waals surface area contributed by atoms with Gasteiger partial charge >= 0.3 is 0 Å². The van der Waals surface area contributed by atoms with Gasteiger partial charge in [-0.3, -0.25) is 0 Å². The number of aliphatic hydroxyl groups excluding tert-OH is 1. The molecule has 0 aliphatic rings. The lowest BCUT2D eigenvalue weighted by atomic mass is 10.2. The van der Waals surface area contributed by atoms with Crippen molar-refractivity contribution < 1.29 is 9.84 Å². The van der Waals surface area contributed by atoms with Crippen molar-refractivity contribution in [3.63, 3.8) is 0 Å². The topological polar surface area (TPSA) is 54.4 Å². The molecule has 2 aromatic rings. The minimum Gasteiger partial charge on any atom is -0.487 e. The molecule has 6 heteroatoms. The van der Waals surface area contributed by atoms with Crippen molar-refractivity contribution in [3.8, 4) is 5.75 Å². The van der Waals surface area contributed by atoms with E-state index in [2.05, 4.69) is 10.3 Å². The number of anilines is 1. The van der Waals surface area contributed by atoms with Crippen LogP contribution in [0.1, 0.15) is 5.56 Å². The van der Waals surface area contributed by atoms with Crippen LogP contribution in [-0.4, -0.2) is 23.2 Å². The number of pyridine rings is 1. The summed E-state index contributed by atoms with van der Waals surface area (Å²) in [5.74, 6) is 1.30. The highest BCUT2D eigenvalue weighted by Gasteiger charge is 2.06. The molecule has 1 aromatic heterocycles. The Bertz CT molecular complexity index is 541. The third-order valence-electron chi connectivity index (χ3n) is 2.60. The summed E-state index contributed by atoms with van der Waals surface area (Å²) in [6, 6.07) is 8.90. The predicted octanol–water partition coefficient (Wildman–Crippen LogP) is 3.37. The largest absolute Gasteiger partial charge is 0.487 e. The molecule has 0 amide bonds. The SMILES string of the molecule is OCCNc1ccc(OCc2c(Cl)cccc2Cl)cn1. The van der Waals surface area contributed by atoms with Crippen LogP contribution in [0, 0.1) is 0 Å². The number of hydrogen-bond donors (Lipinski definition) is 2. The third-order valence-corrected chi connectivity index (χ3v) is 3.31. The van der Waals surface area contributed by atoms with E-state index in [1.807, 2.05) is 0 Å². The normalized spacial score (nSPS) is 10.3. The Morgan fingerprint density at radius 3 is 2.50 bits per heavy atom. The van der Waals surface area contributed by atoms with E-state index in [1.165, 1.54) is 0 Å². The fourth-order valence-corrected chi connectivity index (χ4v) is 2.09. The maximum absolute atomic E-state index is 8.70. The summed E-state index contributed by atoms with van der Waals surface area (Å²) < 4.78 is 5.60.